The molecular formula is C40H41Cl2N3O9. The number of nitrogens with one attached hydrogen (secondary N) is 1. The van der Waals surface area contributed by atoms with Gasteiger partial charge in [0.15, 0.2) is 30.5 Å². The fraction of sp³-hybridized carbons (Fsp3) is 0.350. The minimum Gasteiger partial charge on any atom is -0.619 e. The highest BCUT2D eigenvalue weighted by atomic mass is 35.5. The van der Waals surface area contributed by atoms with E-state index in [1.807, 2.05) is 36.4 Å². The number of piperidine rings is 3. The lowest BCUT2D eigenvalue weighted by atomic mass is 9.86. The van der Waals surface area contributed by atoms with E-state index in [4.69, 9.17) is 46.9 Å². The molecule has 3 aromatic carbocycles. The van der Waals surface area contributed by atoms with Gasteiger partial charge in [0.1, 0.15) is 28.3 Å². The van der Waals surface area contributed by atoms with Crippen molar-refractivity contribution in [2.24, 2.45) is 5.92 Å². The van der Waals surface area contributed by atoms with Crippen molar-refractivity contribution in [1.29, 1.82) is 0 Å². The Kier molecular flexibility index (Phi) is 12.9. The fourth-order valence-corrected chi connectivity index (χ4v) is 7.46. The second-order valence-electron chi connectivity index (χ2n) is 13.2. The average Bonchev–Trinajstić information content (AvgIpc) is 3.18. The lowest BCUT2D eigenvalue weighted by Gasteiger charge is -2.44. The van der Waals surface area contributed by atoms with Crippen molar-refractivity contribution >= 4 is 41.1 Å². The van der Waals surface area contributed by atoms with Crippen LogP contribution in [0.15, 0.2) is 85.2 Å². The molecule has 3 aliphatic rings. The lowest BCUT2D eigenvalue weighted by Crippen LogP contribution is -2.52. The predicted molar refractivity (Wildman–Crippen MR) is 199 cm³/mol. The van der Waals surface area contributed by atoms with Crippen molar-refractivity contribution in [3.63, 3.8) is 0 Å². The molecule has 0 amide bonds. The highest BCUT2D eigenvalue weighted by Crippen LogP contribution is 2.35. The number of fused-ring (bicyclic) bond motifs is 3. The molecule has 4 heterocycles. The largest absolute Gasteiger partial charge is 0.619 e. The Balaban J connectivity index is 1.10. The molecular weight excluding hydrogens is 737 g/mol. The van der Waals surface area contributed by atoms with E-state index < -0.39 is 30.7 Å². The van der Waals surface area contributed by atoms with Crippen LogP contribution in [0, 0.1) is 11.1 Å². The van der Waals surface area contributed by atoms with Crippen LogP contribution in [0.25, 0.3) is 0 Å². The summed E-state index contributed by atoms with van der Waals surface area (Å²) in [5, 5.41) is 15.3. The van der Waals surface area contributed by atoms with Crippen LogP contribution in [0.4, 0.5) is 0 Å². The van der Waals surface area contributed by atoms with Crippen molar-refractivity contribution in [3.05, 3.63) is 128 Å². The smallest absolute Gasteiger partial charge is 0.344 e. The van der Waals surface area contributed by atoms with Gasteiger partial charge < -0.3 is 28.9 Å². The van der Waals surface area contributed by atoms with Crippen LogP contribution in [-0.4, -0.2) is 69.4 Å². The summed E-state index contributed by atoms with van der Waals surface area (Å²) in [6.07, 6.45) is 3.26. The molecule has 3 saturated heterocycles. The van der Waals surface area contributed by atoms with E-state index in [-0.39, 0.29) is 40.6 Å². The summed E-state index contributed by atoms with van der Waals surface area (Å²) >= 11 is 12.7. The third-order valence-corrected chi connectivity index (χ3v) is 10.4. The summed E-state index contributed by atoms with van der Waals surface area (Å²) < 4.78 is 28.5. The van der Waals surface area contributed by atoms with Crippen molar-refractivity contribution < 1.29 is 42.8 Å². The number of halogens is 2. The molecule has 12 nitrogen and oxygen atoms in total. The third-order valence-electron chi connectivity index (χ3n) is 9.73. The monoisotopic (exact) mass is 777 g/mol. The standard InChI is InChI=1S/C40H41Cl2N3O9/c1-50-33-12-11-28(18-35(33)51-2)34(19-30-31(41)21-45(49)22-32(30)42)53-37(46)24-52-39(47)29-10-6-7-25(17-29)20-43-38(27-8-4-3-5-9-27)40(48)54-36-23-44-15-13-26(36)14-16-44/h3-12,17-18,21-22,26,34,36,38,43H,13-16,19-20,23-24H2,1-2H3/t34?,36-,38?/m0/s1. The van der Waals surface area contributed by atoms with E-state index in [1.54, 1.807) is 36.4 Å². The van der Waals surface area contributed by atoms with Crippen LogP contribution in [0.5, 0.6) is 11.5 Å². The second kappa shape index (κ2) is 18.0. The van der Waals surface area contributed by atoms with E-state index in [2.05, 4.69) is 10.2 Å². The number of carbonyl (C=O) groups excluding carboxylic acids is 3. The topological polar surface area (TPSA) is 140 Å². The molecule has 3 aliphatic heterocycles. The molecule has 0 saturated carbocycles. The molecule has 0 radical (unpaired) electrons. The first-order valence-electron chi connectivity index (χ1n) is 17.6. The zero-order valence-corrected chi connectivity index (χ0v) is 31.4. The number of esters is 3. The van der Waals surface area contributed by atoms with Crippen molar-refractivity contribution in [3.8, 4) is 11.5 Å². The summed E-state index contributed by atoms with van der Waals surface area (Å²) in [4.78, 5) is 42.2. The van der Waals surface area contributed by atoms with Gasteiger partial charge in [0.25, 0.3) is 0 Å². The van der Waals surface area contributed by atoms with Gasteiger partial charge in [0, 0.05) is 25.1 Å². The molecule has 284 valence electrons. The molecule has 1 aromatic heterocycles. The second-order valence-corrected chi connectivity index (χ2v) is 14.0. The first-order valence-corrected chi connectivity index (χ1v) is 18.3. The first kappa shape index (κ1) is 38.8. The number of carbonyl (C=O) groups is 3. The molecule has 3 atom stereocenters. The van der Waals surface area contributed by atoms with Crippen molar-refractivity contribution in [1.82, 2.24) is 10.2 Å². The Bertz CT molecular complexity index is 1930. The number of ether oxygens (including phenoxy) is 5. The Hall–Kier alpha value is -4.88. The Morgan fingerprint density at radius 3 is 2.30 bits per heavy atom. The van der Waals surface area contributed by atoms with Gasteiger partial charge in [-0.1, -0.05) is 71.7 Å². The molecule has 0 aliphatic carbocycles. The quantitative estimate of drug-likeness (QED) is 0.0679. The molecule has 0 spiro atoms. The Morgan fingerprint density at radius 1 is 0.907 bits per heavy atom. The number of aromatic nitrogens is 1. The normalized spacial score (nSPS) is 18.6. The van der Waals surface area contributed by atoms with E-state index in [0.717, 1.165) is 50.4 Å². The number of hydrogen-bond acceptors (Lipinski definition) is 11. The van der Waals surface area contributed by atoms with Crippen LogP contribution < -0.4 is 19.5 Å². The van der Waals surface area contributed by atoms with E-state index in [0.29, 0.717) is 38.8 Å². The van der Waals surface area contributed by atoms with Crippen LogP contribution in [0.2, 0.25) is 10.0 Å². The number of rotatable bonds is 15. The average molecular weight is 779 g/mol. The minimum atomic E-state index is -0.960. The van der Waals surface area contributed by atoms with Crippen molar-refractivity contribution in [2.45, 2.75) is 44.1 Å². The van der Waals surface area contributed by atoms with E-state index >= 15 is 0 Å². The van der Waals surface area contributed by atoms with Gasteiger partial charge in [0.05, 0.1) is 19.8 Å². The summed E-state index contributed by atoms with van der Waals surface area (Å²) in [6.45, 7) is 2.40. The maximum Gasteiger partial charge on any atom is 0.344 e. The van der Waals surface area contributed by atoms with Gasteiger partial charge in [-0.05, 0) is 72.8 Å². The maximum atomic E-state index is 13.6. The molecule has 3 fully saturated rings. The lowest BCUT2D eigenvalue weighted by molar-refractivity contribution is -0.605. The van der Waals surface area contributed by atoms with Gasteiger partial charge in [0.2, 0.25) is 0 Å². The summed E-state index contributed by atoms with van der Waals surface area (Å²) in [5.74, 6) is -0.699. The van der Waals surface area contributed by atoms with Gasteiger partial charge in [-0.15, -0.1) is 0 Å². The third kappa shape index (κ3) is 9.61. The number of methoxy groups -OCH3 is 2. The SMILES string of the molecule is COc1ccc(C(Cc2c(Cl)c[n+]([O-])cc2Cl)OC(=O)COC(=O)c2cccc(CNC(C(=O)O[C@H]3CN4CCC3CC4)c3ccccc3)c2)cc1OC. The fourth-order valence-electron chi connectivity index (χ4n) is 6.86. The first-order chi connectivity index (χ1) is 26.1. The van der Waals surface area contributed by atoms with Crippen LogP contribution in [-0.2, 0) is 36.8 Å². The summed E-state index contributed by atoms with van der Waals surface area (Å²) in [7, 11) is 2.97. The maximum absolute atomic E-state index is 13.6. The molecule has 14 heteroatoms. The Labute approximate surface area is 323 Å². The molecule has 1 N–H and O–H groups in total. The van der Waals surface area contributed by atoms with E-state index in [9.17, 15) is 19.6 Å². The van der Waals surface area contributed by atoms with E-state index in [1.165, 1.54) is 14.2 Å². The van der Waals surface area contributed by atoms with Crippen LogP contribution in [0.1, 0.15) is 57.6 Å². The zero-order valence-electron chi connectivity index (χ0n) is 29.9. The minimum absolute atomic E-state index is 0.0000776. The van der Waals surface area contributed by atoms with Gasteiger partial charge in [-0.3, -0.25) is 10.2 Å². The molecule has 2 bridgehead atoms. The van der Waals surface area contributed by atoms with Crippen LogP contribution in [0.3, 0.4) is 0 Å². The van der Waals surface area contributed by atoms with Crippen molar-refractivity contribution in [2.75, 3.05) is 40.5 Å². The molecule has 4 aromatic rings. The Morgan fingerprint density at radius 2 is 1.63 bits per heavy atom. The van der Waals surface area contributed by atoms with Gasteiger partial charge in [-0.2, -0.15) is 4.73 Å². The molecule has 54 heavy (non-hydrogen) atoms. The van der Waals surface area contributed by atoms with Crippen LogP contribution >= 0.6 is 23.2 Å². The zero-order chi connectivity index (χ0) is 38.2. The molecule has 2 unspecified atom stereocenters. The summed E-state index contributed by atoms with van der Waals surface area (Å²) in [6, 6.07) is 20.4. The summed E-state index contributed by atoms with van der Waals surface area (Å²) in [5.41, 5.74) is 2.59. The number of hydrogen-bond donors (Lipinski definition) is 1. The highest BCUT2D eigenvalue weighted by molar-refractivity contribution is 6.35. The number of benzene rings is 3. The number of pyridine rings is 1. The number of nitrogens with zero attached hydrogens (tertiary/aromatic N) is 2. The van der Waals surface area contributed by atoms with Gasteiger partial charge >= 0.3 is 17.9 Å². The van der Waals surface area contributed by atoms with Gasteiger partial charge in [-0.25, -0.2) is 14.4 Å². The highest BCUT2D eigenvalue weighted by Gasteiger charge is 2.38. The predicted octanol–water partition coefficient (Wildman–Crippen LogP) is 5.80. The molecule has 7 rings (SSSR count).